The summed E-state index contributed by atoms with van der Waals surface area (Å²) in [5.74, 6) is -0.962. The van der Waals surface area contributed by atoms with Crippen LogP contribution in [0.5, 0.6) is 0 Å². The SMILES string of the molecule is CC(C)(C)OC(=O)NC(C(=O)N1C[C@H]2[C@@H]([C@H]1C(=O)O)C2(C)C)C1CC1. The van der Waals surface area contributed by atoms with Crippen LogP contribution in [-0.2, 0) is 14.3 Å². The predicted molar refractivity (Wildman–Crippen MR) is 89.8 cm³/mol. The van der Waals surface area contributed by atoms with E-state index in [0.29, 0.717) is 6.54 Å². The van der Waals surface area contributed by atoms with Crippen molar-refractivity contribution < 1.29 is 24.2 Å². The van der Waals surface area contributed by atoms with Gasteiger partial charge in [-0.1, -0.05) is 13.8 Å². The summed E-state index contributed by atoms with van der Waals surface area (Å²) in [6.07, 6.45) is 1.08. The molecule has 7 nitrogen and oxygen atoms in total. The van der Waals surface area contributed by atoms with E-state index < -0.39 is 29.7 Å². The largest absolute Gasteiger partial charge is 0.480 e. The second kappa shape index (κ2) is 5.61. The average Bonchev–Trinajstić information content (AvgIpc) is 3.30. The first-order chi connectivity index (χ1) is 11.4. The fourth-order valence-corrected chi connectivity index (χ4v) is 4.22. The quantitative estimate of drug-likeness (QED) is 0.805. The Labute approximate surface area is 148 Å². The monoisotopic (exact) mass is 352 g/mol. The van der Waals surface area contributed by atoms with Gasteiger partial charge >= 0.3 is 12.1 Å². The number of carboxylic acids is 1. The van der Waals surface area contributed by atoms with E-state index in [1.54, 1.807) is 20.8 Å². The summed E-state index contributed by atoms with van der Waals surface area (Å²) in [5, 5.41) is 12.3. The number of alkyl carbamates (subject to hydrolysis) is 1. The molecule has 0 aromatic heterocycles. The fraction of sp³-hybridized carbons (Fsp3) is 0.833. The third-order valence-corrected chi connectivity index (χ3v) is 5.78. The first-order valence-corrected chi connectivity index (χ1v) is 8.96. The third kappa shape index (κ3) is 3.33. The summed E-state index contributed by atoms with van der Waals surface area (Å²) in [5.41, 5.74) is -0.683. The number of nitrogens with one attached hydrogen (secondary N) is 1. The van der Waals surface area contributed by atoms with Crippen molar-refractivity contribution in [2.24, 2.45) is 23.2 Å². The van der Waals surface area contributed by atoms with Crippen LogP contribution < -0.4 is 5.32 Å². The Bertz CT molecular complexity index is 605. The molecule has 3 rings (SSSR count). The van der Waals surface area contributed by atoms with Gasteiger partial charge in [0.2, 0.25) is 5.91 Å². The summed E-state index contributed by atoms with van der Waals surface area (Å²) in [7, 11) is 0. The molecule has 25 heavy (non-hydrogen) atoms. The zero-order chi connectivity index (χ0) is 18.7. The van der Waals surface area contributed by atoms with Gasteiger partial charge < -0.3 is 20.1 Å². The lowest BCUT2D eigenvalue weighted by Crippen LogP contribution is -2.55. The minimum absolute atomic E-state index is 0.00432. The molecular weight excluding hydrogens is 324 g/mol. The maximum Gasteiger partial charge on any atom is 0.408 e. The Balaban J connectivity index is 1.71. The molecule has 0 radical (unpaired) electrons. The van der Waals surface area contributed by atoms with E-state index in [2.05, 4.69) is 19.2 Å². The zero-order valence-electron chi connectivity index (χ0n) is 15.5. The van der Waals surface area contributed by atoms with Crippen LogP contribution >= 0.6 is 0 Å². The molecule has 3 fully saturated rings. The topological polar surface area (TPSA) is 95.9 Å². The number of hydrogen-bond donors (Lipinski definition) is 2. The van der Waals surface area contributed by atoms with Crippen LogP contribution in [0, 0.1) is 23.2 Å². The van der Waals surface area contributed by atoms with Gasteiger partial charge in [-0.25, -0.2) is 9.59 Å². The molecule has 7 heteroatoms. The molecule has 1 unspecified atom stereocenters. The fourth-order valence-electron chi connectivity index (χ4n) is 4.22. The second-order valence-corrected chi connectivity index (χ2v) is 9.19. The highest BCUT2D eigenvalue weighted by Crippen LogP contribution is 2.65. The molecule has 1 heterocycles. The van der Waals surface area contributed by atoms with Crippen LogP contribution in [0.1, 0.15) is 47.5 Å². The third-order valence-electron chi connectivity index (χ3n) is 5.78. The number of carbonyl (C=O) groups excluding carboxylic acids is 2. The van der Waals surface area contributed by atoms with Crippen LogP contribution in [-0.4, -0.2) is 52.2 Å². The molecule has 0 spiro atoms. The molecule has 2 amide bonds. The van der Waals surface area contributed by atoms with Crippen molar-refractivity contribution in [3.8, 4) is 0 Å². The van der Waals surface area contributed by atoms with Gasteiger partial charge in [-0.2, -0.15) is 0 Å². The van der Waals surface area contributed by atoms with Gasteiger partial charge in [-0.3, -0.25) is 4.79 Å². The smallest absolute Gasteiger partial charge is 0.408 e. The molecule has 2 N–H and O–H groups in total. The molecule has 4 atom stereocenters. The van der Waals surface area contributed by atoms with Crippen LogP contribution in [0.3, 0.4) is 0 Å². The lowest BCUT2D eigenvalue weighted by Gasteiger charge is -2.32. The summed E-state index contributed by atoms with van der Waals surface area (Å²) in [6, 6.07) is -1.49. The molecule has 1 aliphatic heterocycles. The Morgan fingerprint density at radius 1 is 1.24 bits per heavy atom. The van der Waals surface area contributed by atoms with Gasteiger partial charge in [0.1, 0.15) is 17.7 Å². The molecular formula is C18H28N2O5. The number of carbonyl (C=O) groups is 3. The number of amides is 2. The number of carboxylic acid groups (broad SMARTS) is 1. The van der Waals surface area contributed by atoms with Gasteiger partial charge in [0.15, 0.2) is 0 Å². The summed E-state index contributed by atoms with van der Waals surface area (Å²) in [6.45, 7) is 9.84. The van der Waals surface area contributed by atoms with Crippen molar-refractivity contribution >= 4 is 18.0 Å². The van der Waals surface area contributed by atoms with E-state index in [4.69, 9.17) is 4.74 Å². The van der Waals surface area contributed by atoms with E-state index in [1.807, 2.05) is 0 Å². The van der Waals surface area contributed by atoms with Crippen molar-refractivity contribution in [2.45, 2.75) is 65.1 Å². The Morgan fingerprint density at radius 2 is 1.84 bits per heavy atom. The van der Waals surface area contributed by atoms with Gasteiger partial charge in [-0.05, 0) is 50.9 Å². The van der Waals surface area contributed by atoms with Gasteiger partial charge in [-0.15, -0.1) is 0 Å². The number of fused-ring (bicyclic) bond motifs is 1. The normalized spacial score (nSPS) is 31.1. The van der Waals surface area contributed by atoms with Crippen molar-refractivity contribution in [3.05, 3.63) is 0 Å². The van der Waals surface area contributed by atoms with Gasteiger partial charge in [0.25, 0.3) is 0 Å². The van der Waals surface area contributed by atoms with Crippen molar-refractivity contribution in [1.82, 2.24) is 10.2 Å². The molecule has 1 saturated heterocycles. The maximum absolute atomic E-state index is 13.0. The lowest BCUT2D eigenvalue weighted by atomic mass is 10.00. The molecule has 140 valence electrons. The Kier molecular flexibility index (Phi) is 4.04. The van der Waals surface area contributed by atoms with Crippen molar-refractivity contribution in [3.63, 3.8) is 0 Å². The van der Waals surface area contributed by atoms with Crippen LogP contribution in [0.2, 0.25) is 0 Å². The molecule has 3 aliphatic rings. The van der Waals surface area contributed by atoms with Crippen LogP contribution in [0.25, 0.3) is 0 Å². The van der Waals surface area contributed by atoms with E-state index in [9.17, 15) is 19.5 Å². The number of hydrogen-bond acceptors (Lipinski definition) is 4. The first kappa shape index (κ1) is 18.0. The molecule has 0 aromatic carbocycles. The highest BCUT2D eigenvalue weighted by molar-refractivity contribution is 5.91. The Hall–Kier alpha value is -1.79. The number of likely N-dealkylation sites (tertiary alicyclic amines) is 1. The van der Waals surface area contributed by atoms with E-state index in [-0.39, 0.29) is 29.1 Å². The number of ether oxygens (including phenoxy) is 1. The maximum atomic E-state index is 13.0. The first-order valence-electron chi connectivity index (χ1n) is 8.96. The minimum Gasteiger partial charge on any atom is -0.480 e. The van der Waals surface area contributed by atoms with Crippen LogP contribution in [0.15, 0.2) is 0 Å². The van der Waals surface area contributed by atoms with Gasteiger partial charge in [0, 0.05) is 12.5 Å². The standard InChI is InChI=1S/C18H28N2O5/c1-17(2,3)25-16(24)19-12(9-6-7-9)14(21)20-8-10-11(18(10,4)5)13(20)15(22)23/h9-13H,6-8H2,1-5H3,(H,19,24)(H,22,23)/t10-,11-,12?,13-/m0/s1. The molecule has 0 aromatic rings. The molecule has 2 saturated carbocycles. The Morgan fingerprint density at radius 3 is 2.32 bits per heavy atom. The zero-order valence-corrected chi connectivity index (χ0v) is 15.5. The van der Waals surface area contributed by atoms with E-state index in [0.717, 1.165) is 12.8 Å². The van der Waals surface area contributed by atoms with Crippen molar-refractivity contribution in [2.75, 3.05) is 6.54 Å². The molecule has 0 bridgehead atoms. The summed E-state index contributed by atoms with van der Waals surface area (Å²) < 4.78 is 5.26. The highest BCUT2D eigenvalue weighted by Gasteiger charge is 2.70. The second-order valence-electron chi connectivity index (χ2n) is 9.19. The average molecular weight is 352 g/mol. The number of aliphatic carboxylic acids is 1. The lowest BCUT2D eigenvalue weighted by molar-refractivity contribution is -0.151. The van der Waals surface area contributed by atoms with E-state index in [1.165, 1.54) is 4.90 Å². The van der Waals surface area contributed by atoms with Gasteiger partial charge in [0.05, 0.1) is 0 Å². The van der Waals surface area contributed by atoms with Crippen molar-refractivity contribution in [1.29, 1.82) is 0 Å². The number of rotatable bonds is 4. The minimum atomic E-state index is -0.960. The predicted octanol–water partition coefficient (Wildman–Crippen LogP) is 1.86. The highest BCUT2D eigenvalue weighted by atomic mass is 16.6. The number of nitrogens with zero attached hydrogens (tertiary/aromatic N) is 1. The number of piperidine rings is 1. The van der Waals surface area contributed by atoms with Crippen LogP contribution in [0.4, 0.5) is 4.79 Å². The van der Waals surface area contributed by atoms with E-state index >= 15 is 0 Å². The molecule has 2 aliphatic carbocycles. The summed E-state index contributed by atoms with van der Waals surface area (Å²) >= 11 is 0. The summed E-state index contributed by atoms with van der Waals surface area (Å²) in [4.78, 5) is 38.3.